The van der Waals surface area contributed by atoms with Crippen molar-refractivity contribution in [2.45, 2.75) is 12.6 Å². The molecule has 0 radical (unpaired) electrons. The van der Waals surface area contributed by atoms with Gasteiger partial charge in [-0.3, -0.25) is 9.69 Å². The van der Waals surface area contributed by atoms with E-state index in [1.54, 1.807) is 33.5 Å². The molecule has 4 rings (SSSR count). The first kappa shape index (κ1) is 20.8. The molecule has 1 amide bonds. The Morgan fingerprint density at radius 1 is 0.968 bits per heavy atom. The molecule has 0 saturated heterocycles. The number of ether oxygens (including phenoxy) is 3. The first-order valence-corrected chi connectivity index (χ1v) is 10.2. The van der Waals surface area contributed by atoms with Crippen LogP contribution in [-0.4, -0.2) is 49.8 Å². The normalized spacial score (nSPS) is 15.8. The number of carbonyl (C=O) groups excluding carboxylic acids is 1. The number of nitrogens with one attached hydrogen (secondary N) is 1. The van der Waals surface area contributed by atoms with E-state index in [0.29, 0.717) is 22.9 Å². The molecule has 1 unspecified atom stereocenters. The summed E-state index contributed by atoms with van der Waals surface area (Å²) >= 11 is 0. The van der Waals surface area contributed by atoms with Crippen LogP contribution in [0, 0.1) is 0 Å². The number of hydrogen-bond donors (Lipinski definition) is 1. The summed E-state index contributed by atoms with van der Waals surface area (Å²) in [6, 6.07) is 18.0. The summed E-state index contributed by atoms with van der Waals surface area (Å²) in [5, 5.41) is 2.98. The number of carbonyl (C=O) groups is 1. The maximum Gasteiger partial charge on any atom is 0.238 e. The fourth-order valence-electron chi connectivity index (χ4n) is 4.16. The third-order valence-corrected chi connectivity index (χ3v) is 5.55. The van der Waals surface area contributed by atoms with Crippen molar-refractivity contribution in [2.75, 3.05) is 39.7 Å². The minimum absolute atomic E-state index is 0.0237. The third-order valence-electron chi connectivity index (χ3n) is 5.55. The highest BCUT2D eigenvalue weighted by Crippen LogP contribution is 2.40. The highest BCUT2D eigenvalue weighted by molar-refractivity contribution is 5.93. The van der Waals surface area contributed by atoms with E-state index in [0.717, 1.165) is 13.1 Å². The van der Waals surface area contributed by atoms with Crippen LogP contribution in [0.2, 0.25) is 0 Å². The highest BCUT2D eigenvalue weighted by atomic mass is 16.5. The first-order valence-electron chi connectivity index (χ1n) is 10.2. The Kier molecular flexibility index (Phi) is 6.13. The zero-order valence-corrected chi connectivity index (χ0v) is 18.0. The first-order chi connectivity index (χ1) is 15.1. The maximum absolute atomic E-state index is 13.0. The molecule has 3 aromatic rings. The lowest BCUT2D eigenvalue weighted by molar-refractivity contribution is -0.117. The average Bonchev–Trinajstić information content (AvgIpc) is 3.27. The Morgan fingerprint density at radius 2 is 1.68 bits per heavy atom. The van der Waals surface area contributed by atoms with E-state index < -0.39 is 0 Å². The summed E-state index contributed by atoms with van der Waals surface area (Å²) in [6.07, 6.45) is 2.10. The van der Waals surface area contributed by atoms with E-state index in [1.165, 1.54) is 11.3 Å². The maximum atomic E-state index is 13.0. The van der Waals surface area contributed by atoms with Crippen LogP contribution in [0.1, 0.15) is 17.3 Å². The minimum Gasteiger partial charge on any atom is -0.493 e. The molecule has 7 nitrogen and oxygen atoms in total. The van der Waals surface area contributed by atoms with Gasteiger partial charge in [0.25, 0.3) is 0 Å². The third kappa shape index (κ3) is 4.22. The number of benzene rings is 2. The lowest BCUT2D eigenvalue weighted by Gasteiger charge is -2.36. The van der Waals surface area contributed by atoms with Gasteiger partial charge in [-0.25, -0.2) is 0 Å². The van der Waals surface area contributed by atoms with Crippen molar-refractivity contribution in [3.8, 4) is 17.2 Å². The van der Waals surface area contributed by atoms with Gasteiger partial charge in [-0.05, 0) is 17.7 Å². The van der Waals surface area contributed by atoms with Crippen molar-refractivity contribution in [3.05, 3.63) is 72.1 Å². The minimum atomic E-state index is -0.102. The van der Waals surface area contributed by atoms with Crippen LogP contribution in [-0.2, 0) is 11.3 Å². The van der Waals surface area contributed by atoms with Gasteiger partial charge in [0.05, 0.1) is 33.9 Å². The lowest BCUT2D eigenvalue weighted by atomic mass is 10.00. The van der Waals surface area contributed by atoms with Crippen LogP contribution in [0.3, 0.4) is 0 Å². The Hall–Kier alpha value is -3.45. The summed E-state index contributed by atoms with van der Waals surface area (Å²) < 4.78 is 18.4. The fraction of sp³-hybridized carbons (Fsp3) is 0.292. The second-order valence-electron chi connectivity index (χ2n) is 7.37. The number of nitrogens with zero attached hydrogens (tertiary/aromatic N) is 2. The number of aromatic nitrogens is 1. The van der Waals surface area contributed by atoms with Crippen LogP contribution in [0.25, 0.3) is 0 Å². The van der Waals surface area contributed by atoms with E-state index in [4.69, 9.17) is 14.2 Å². The second-order valence-corrected chi connectivity index (χ2v) is 7.37. The fourth-order valence-corrected chi connectivity index (χ4v) is 4.16. The molecule has 31 heavy (non-hydrogen) atoms. The van der Waals surface area contributed by atoms with Gasteiger partial charge >= 0.3 is 0 Å². The van der Waals surface area contributed by atoms with Crippen LogP contribution in [0.15, 0.2) is 60.8 Å². The molecule has 2 aromatic carbocycles. The van der Waals surface area contributed by atoms with Crippen molar-refractivity contribution in [3.63, 3.8) is 0 Å². The smallest absolute Gasteiger partial charge is 0.238 e. The molecule has 0 aliphatic carbocycles. The number of hydrogen-bond acceptors (Lipinski definition) is 5. The molecule has 1 N–H and O–H groups in total. The van der Waals surface area contributed by atoms with Crippen LogP contribution >= 0.6 is 0 Å². The Balaban J connectivity index is 1.55. The number of rotatable bonds is 7. The molecule has 2 heterocycles. The van der Waals surface area contributed by atoms with Gasteiger partial charge in [0.1, 0.15) is 0 Å². The summed E-state index contributed by atoms with van der Waals surface area (Å²) in [4.78, 5) is 15.2. The molecule has 0 saturated carbocycles. The van der Waals surface area contributed by atoms with Gasteiger partial charge in [0.15, 0.2) is 11.5 Å². The molecule has 1 aromatic heterocycles. The zero-order chi connectivity index (χ0) is 21.8. The van der Waals surface area contributed by atoms with Crippen molar-refractivity contribution in [2.24, 2.45) is 0 Å². The van der Waals surface area contributed by atoms with E-state index in [-0.39, 0.29) is 18.5 Å². The van der Waals surface area contributed by atoms with Gasteiger partial charge in [0, 0.05) is 42.8 Å². The molecular weight excluding hydrogens is 394 g/mol. The quantitative estimate of drug-likeness (QED) is 0.632. The molecule has 162 valence electrons. The standard InChI is InChI=1S/C24H27N3O4/c1-29-20-14-18(15-21(30-2)24(20)31-3)25-22(28)16-27-13-12-26-11-7-10-19(26)23(27)17-8-5-4-6-9-17/h4-11,14-15,23H,12-13,16H2,1-3H3,(H,25,28). The zero-order valence-electron chi connectivity index (χ0n) is 18.0. The van der Waals surface area contributed by atoms with Gasteiger partial charge < -0.3 is 24.1 Å². The predicted molar refractivity (Wildman–Crippen MR) is 119 cm³/mol. The molecule has 1 atom stereocenters. The predicted octanol–water partition coefficient (Wildman–Crippen LogP) is 3.56. The number of methoxy groups -OCH3 is 3. The van der Waals surface area contributed by atoms with E-state index >= 15 is 0 Å². The van der Waals surface area contributed by atoms with Gasteiger partial charge in [-0.2, -0.15) is 0 Å². The largest absolute Gasteiger partial charge is 0.493 e. The van der Waals surface area contributed by atoms with E-state index in [9.17, 15) is 4.79 Å². The molecule has 7 heteroatoms. The summed E-state index contributed by atoms with van der Waals surface area (Å²) in [5.74, 6) is 1.38. The molecular formula is C24H27N3O4. The summed E-state index contributed by atoms with van der Waals surface area (Å²) in [6.45, 7) is 1.90. The molecule has 1 aliphatic rings. The van der Waals surface area contributed by atoms with Crippen LogP contribution < -0.4 is 19.5 Å². The van der Waals surface area contributed by atoms with Gasteiger partial charge in [-0.1, -0.05) is 30.3 Å². The monoisotopic (exact) mass is 421 g/mol. The average molecular weight is 421 g/mol. The lowest BCUT2D eigenvalue weighted by Crippen LogP contribution is -2.42. The highest BCUT2D eigenvalue weighted by Gasteiger charge is 2.30. The molecule has 0 spiro atoms. The van der Waals surface area contributed by atoms with Crippen molar-refractivity contribution in [1.82, 2.24) is 9.47 Å². The van der Waals surface area contributed by atoms with Crippen molar-refractivity contribution in [1.29, 1.82) is 0 Å². The summed E-state index contributed by atoms with van der Waals surface area (Å²) in [7, 11) is 4.65. The van der Waals surface area contributed by atoms with Crippen LogP contribution in [0.4, 0.5) is 5.69 Å². The number of amides is 1. The Labute approximate surface area is 182 Å². The topological polar surface area (TPSA) is 65.0 Å². The summed E-state index contributed by atoms with van der Waals surface area (Å²) in [5.41, 5.74) is 2.96. The van der Waals surface area contributed by atoms with Gasteiger partial charge in [0.2, 0.25) is 11.7 Å². The molecule has 0 bridgehead atoms. The number of fused-ring (bicyclic) bond motifs is 1. The molecule has 1 aliphatic heterocycles. The number of anilines is 1. The van der Waals surface area contributed by atoms with Crippen LogP contribution in [0.5, 0.6) is 17.2 Å². The van der Waals surface area contributed by atoms with Gasteiger partial charge in [-0.15, -0.1) is 0 Å². The van der Waals surface area contributed by atoms with Crippen molar-refractivity contribution < 1.29 is 19.0 Å². The Morgan fingerprint density at radius 3 is 2.32 bits per heavy atom. The van der Waals surface area contributed by atoms with Crippen molar-refractivity contribution >= 4 is 11.6 Å². The molecule has 0 fully saturated rings. The second kappa shape index (κ2) is 9.14. The van der Waals surface area contributed by atoms with E-state index in [1.807, 2.05) is 18.2 Å². The van der Waals surface area contributed by atoms with E-state index in [2.05, 4.69) is 45.2 Å². The SMILES string of the molecule is COc1cc(NC(=O)CN2CCn3cccc3C2c2ccccc2)cc(OC)c1OC. The Bertz CT molecular complexity index is 1020.